The number of likely N-dealkylation sites (tertiary alicyclic amines) is 1. The minimum atomic E-state index is 0.251. The molecule has 2 aromatic rings. The van der Waals surface area contributed by atoms with Gasteiger partial charge in [0, 0.05) is 6.54 Å². The summed E-state index contributed by atoms with van der Waals surface area (Å²) >= 11 is 0. The van der Waals surface area contributed by atoms with E-state index in [4.69, 9.17) is 5.73 Å². The van der Waals surface area contributed by atoms with Gasteiger partial charge in [0.15, 0.2) is 11.5 Å². The Morgan fingerprint density at radius 2 is 2.15 bits per heavy atom. The number of aromatic amines is 1. The van der Waals surface area contributed by atoms with E-state index < -0.39 is 0 Å². The van der Waals surface area contributed by atoms with E-state index in [1.807, 2.05) is 0 Å². The highest BCUT2D eigenvalue weighted by Gasteiger charge is 2.29. The lowest BCUT2D eigenvalue weighted by atomic mass is 9.80. The number of H-pyrrole nitrogens is 1. The summed E-state index contributed by atoms with van der Waals surface area (Å²) in [5.41, 5.74) is 7.43. The second-order valence-electron chi connectivity index (χ2n) is 6.00. The lowest BCUT2D eigenvalue weighted by molar-refractivity contribution is 0.150. The molecule has 1 aliphatic heterocycles. The van der Waals surface area contributed by atoms with Gasteiger partial charge in [0.1, 0.15) is 5.52 Å². The standard InChI is InChI=1S/C13H21N7/c1-13(3-5-20(2)6-4-13)7-15-10-9-11(17-8-16-9)19-12(14)18-10/h8H,3-7H2,1-2H3,(H4,14,15,16,17,18,19). The summed E-state index contributed by atoms with van der Waals surface area (Å²) in [7, 11) is 2.17. The van der Waals surface area contributed by atoms with Crippen LogP contribution in [0.25, 0.3) is 11.2 Å². The van der Waals surface area contributed by atoms with Crippen LogP contribution in [0.2, 0.25) is 0 Å². The Bertz CT molecular complexity index is 598. The van der Waals surface area contributed by atoms with Gasteiger partial charge < -0.3 is 20.9 Å². The predicted octanol–water partition coefficient (Wildman–Crippen LogP) is 1.08. The van der Waals surface area contributed by atoms with Crippen LogP contribution in [0.3, 0.4) is 0 Å². The average molecular weight is 275 g/mol. The highest BCUT2D eigenvalue weighted by atomic mass is 15.1. The first-order valence-corrected chi connectivity index (χ1v) is 6.95. The van der Waals surface area contributed by atoms with Crippen molar-refractivity contribution in [2.75, 3.05) is 37.7 Å². The van der Waals surface area contributed by atoms with Gasteiger partial charge in [0.25, 0.3) is 0 Å². The van der Waals surface area contributed by atoms with E-state index in [0.717, 1.165) is 31.0 Å². The minimum absolute atomic E-state index is 0.251. The number of nitrogens with one attached hydrogen (secondary N) is 2. The van der Waals surface area contributed by atoms with E-state index in [2.05, 4.69) is 44.1 Å². The average Bonchev–Trinajstić information content (AvgIpc) is 2.88. The van der Waals surface area contributed by atoms with Crippen molar-refractivity contribution in [3.63, 3.8) is 0 Å². The monoisotopic (exact) mass is 275 g/mol. The number of nitrogens with zero attached hydrogens (tertiary/aromatic N) is 4. The van der Waals surface area contributed by atoms with Crippen LogP contribution in [0.5, 0.6) is 0 Å². The van der Waals surface area contributed by atoms with Crippen molar-refractivity contribution in [3.8, 4) is 0 Å². The van der Waals surface area contributed by atoms with Crippen molar-refractivity contribution >= 4 is 22.9 Å². The number of imidazole rings is 1. The minimum Gasteiger partial charge on any atom is -0.368 e. The van der Waals surface area contributed by atoms with Gasteiger partial charge in [-0.25, -0.2) is 4.98 Å². The van der Waals surface area contributed by atoms with E-state index in [0.29, 0.717) is 11.1 Å². The molecule has 108 valence electrons. The van der Waals surface area contributed by atoms with Gasteiger partial charge in [0.2, 0.25) is 5.95 Å². The Morgan fingerprint density at radius 3 is 2.90 bits per heavy atom. The van der Waals surface area contributed by atoms with Crippen LogP contribution in [0.15, 0.2) is 6.33 Å². The summed E-state index contributed by atoms with van der Waals surface area (Å²) in [5, 5.41) is 3.42. The zero-order valence-corrected chi connectivity index (χ0v) is 12.0. The van der Waals surface area contributed by atoms with Crippen molar-refractivity contribution < 1.29 is 0 Å². The van der Waals surface area contributed by atoms with Crippen LogP contribution in [0.4, 0.5) is 11.8 Å². The molecule has 3 rings (SSSR count). The van der Waals surface area contributed by atoms with Crippen LogP contribution >= 0.6 is 0 Å². The van der Waals surface area contributed by atoms with Crippen molar-refractivity contribution in [3.05, 3.63) is 6.33 Å². The number of piperidine rings is 1. The van der Waals surface area contributed by atoms with E-state index in [9.17, 15) is 0 Å². The number of anilines is 2. The maximum atomic E-state index is 5.72. The third-order valence-corrected chi connectivity index (χ3v) is 4.18. The molecule has 0 saturated carbocycles. The molecule has 4 N–H and O–H groups in total. The van der Waals surface area contributed by atoms with Crippen LogP contribution in [0, 0.1) is 5.41 Å². The molecular formula is C13H21N7. The zero-order chi connectivity index (χ0) is 14.2. The number of hydrogen-bond donors (Lipinski definition) is 3. The summed E-state index contributed by atoms with van der Waals surface area (Å²) in [5.74, 6) is 0.991. The van der Waals surface area contributed by atoms with Crippen LogP contribution in [-0.4, -0.2) is 51.5 Å². The van der Waals surface area contributed by atoms with Crippen molar-refractivity contribution in [1.29, 1.82) is 0 Å². The van der Waals surface area contributed by atoms with Gasteiger partial charge in [0.05, 0.1) is 6.33 Å². The van der Waals surface area contributed by atoms with Crippen molar-refractivity contribution in [2.45, 2.75) is 19.8 Å². The second kappa shape index (κ2) is 4.90. The molecule has 0 spiro atoms. The number of aromatic nitrogens is 4. The third kappa shape index (κ3) is 2.53. The summed E-state index contributed by atoms with van der Waals surface area (Å²) in [6, 6.07) is 0. The molecule has 2 aromatic heterocycles. The summed E-state index contributed by atoms with van der Waals surface area (Å²) in [6.45, 7) is 5.49. The molecule has 0 aromatic carbocycles. The zero-order valence-electron chi connectivity index (χ0n) is 12.0. The molecule has 0 unspecified atom stereocenters. The number of rotatable bonds is 3. The molecule has 0 amide bonds. The van der Waals surface area contributed by atoms with Gasteiger partial charge in [-0.05, 0) is 38.4 Å². The lowest BCUT2D eigenvalue weighted by Gasteiger charge is -2.38. The first kappa shape index (κ1) is 13.1. The molecule has 0 radical (unpaired) electrons. The SMILES string of the molecule is CN1CCC(C)(CNc2nc(N)nc3nc[nH]c23)CC1. The van der Waals surface area contributed by atoms with Crippen LogP contribution in [-0.2, 0) is 0 Å². The topological polar surface area (TPSA) is 95.8 Å². The Hall–Kier alpha value is -1.89. The Labute approximate surface area is 118 Å². The second-order valence-corrected chi connectivity index (χ2v) is 6.00. The smallest absolute Gasteiger partial charge is 0.224 e. The summed E-state index contributed by atoms with van der Waals surface area (Å²) in [4.78, 5) is 17.9. The molecule has 7 heteroatoms. The van der Waals surface area contributed by atoms with Gasteiger partial charge in [-0.2, -0.15) is 9.97 Å². The molecule has 1 fully saturated rings. The van der Waals surface area contributed by atoms with Crippen molar-refractivity contribution in [1.82, 2.24) is 24.8 Å². The Balaban J connectivity index is 1.75. The molecule has 0 aliphatic carbocycles. The molecule has 0 atom stereocenters. The Morgan fingerprint density at radius 1 is 1.40 bits per heavy atom. The number of hydrogen-bond acceptors (Lipinski definition) is 6. The van der Waals surface area contributed by atoms with Gasteiger partial charge in [-0.15, -0.1) is 0 Å². The lowest BCUT2D eigenvalue weighted by Crippen LogP contribution is -2.40. The summed E-state index contributed by atoms with van der Waals surface area (Å²) in [6.07, 6.45) is 3.98. The molecule has 7 nitrogen and oxygen atoms in total. The fraction of sp³-hybridized carbons (Fsp3) is 0.615. The Kier molecular flexibility index (Phi) is 3.21. The quantitative estimate of drug-likeness (QED) is 0.775. The highest BCUT2D eigenvalue weighted by molar-refractivity contribution is 5.83. The highest BCUT2D eigenvalue weighted by Crippen LogP contribution is 2.31. The third-order valence-electron chi connectivity index (χ3n) is 4.18. The molecule has 3 heterocycles. The first-order chi connectivity index (χ1) is 9.56. The molecule has 1 aliphatic rings. The fourth-order valence-electron chi connectivity index (χ4n) is 2.61. The maximum Gasteiger partial charge on any atom is 0.224 e. The summed E-state index contributed by atoms with van der Waals surface area (Å²) < 4.78 is 0. The van der Waals surface area contributed by atoms with Crippen LogP contribution < -0.4 is 11.1 Å². The molecule has 1 saturated heterocycles. The number of nitrogens with two attached hydrogens (primary N) is 1. The van der Waals surface area contributed by atoms with Gasteiger partial charge >= 0.3 is 0 Å². The molecule has 20 heavy (non-hydrogen) atoms. The van der Waals surface area contributed by atoms with Crippen molar-refractivity contribution in [2.24, 2.45) is 5.41 Å². The van der Waals surface area contributed by atoms with Crippen LogP contribution in [0.1, 0.15) is 19.8 Å². The van der Waals surface area contributed by atoms with E-state index in [1.165, 1.54) is 12.8 Å². The van der Waals surface area contributed by atoms with E-state index >= 15 is 0 Å². The number of fused-ring (bicyclic) bond motifs is 1. The maximum absolute atomic E-state index is 5.72. The predicted molar refractivity (Wildman–Crippen MR) is 79.4 cm³/mol. The fourth-order valence-corrected chi connectivity index (χ4v) is 2.61. The number of nitrogen functional groups attached to an aromatic ring is 1. The van der Waals surface area contributed by atoms with E-state index in [-0.39, 0.29) is 5.95 Å². The molecule has 0 bridgehead atoms. The molecular weight excluding hydrogens is 254 g/mol. The van der Waals surface area contributed by atoms with E-state index in [1.54, 1.807) is 6.33 Å². The normalized spacial score (nSPS) is 19.3. The van der Waals surface area contributed by atoms with Gasteiger partial charge in [-0.1, -0.05) is 6.92 Å². The largest absolute Gasteiger partial charge is 0.368 e. The first-order valence-electron chi connectivity index (χ1n) is 6.95. The van der Waals surface area contributed by atoms with Gasteiger partial charge in [-0.3, -0.25) is 0 Å².